The number of amides is 1. The average molecular weight is 330 g/mol. The predicted molar refractivity (Wildman–Crippen MR) is 89.1 cm³/mol. The Labute approximate surface area is 138 Å². The van der Waals surface area contributed by atoms with Crippen molar-refractivity contribution in [3.8, 4) is 11.5 Å². The number of rotatable bonds is 4. The third-order valence-corrected chi connectivity index (χ3v) is 5.21. The van der Waals surface area contributed by atoms with E-state index in [9.17, 15) is 4.79 Å². The summed E-state index contributed by atoms with van der Waals surface area (Å²) in [5.41, 5.74) is 0.742. The summed E-state index contributed by atoms with van der Waals surface area (Å²) in [7, 11) is 0. The first-order valence-corrected chi connectivity index (χ1v) is 8.64. The quantitative estimate of drug-likeness (QED) is 0.935. The van der Waals surface area contributed by atoms with Gasteiger partial charge >= 0.3 is 0 Å². The van der Waals surface area contributed by atoms with Crippen molar-refractivity contribution in [2.45, 2.75) is 18.9 Å². The maximum atomic E-state index is 12.4. The summed E-state index contributed by atoms with van der Waals surface area (Å²) in [5.74, 6) is 1.41. The Morgan fingerprint density at radius 1 is 1.30 bits per heavy atom. The van der Waals surface area contributed by atoms with Crippen LogP contribution in [-0.4, -0.2) is 30.7 Å². The van der Waals surface area contributed by atoms with Gasteiger partial charge in [-0.2, -0.15) is 0 Å². The number of hydrogen-bond donors (Lipinski definition) is 1. The van der Waals surface area contributed by atoms with E-state index in [1.54, 1.807) is 17.4 Å². The molecule has 1 amide bonds. The lowest BCUT2D eigenvalue weighted by Crippen LogP contribution is -2.32. The molecule has 2 aromatic rings. The molecule has 5 nitrogen and oxygen atoms in total. The van der Waals surface area contributed by atoms with Gasteiger partial charge in [-0.3, -0.25) is 9.69 Å². The highest BCUT2D eigenvalue weighted by Gasteiger charge is 2.28. The molecule has 0 aliphatic carbocycles. The lowest BCUT2D eigenvalue weighted by molar-refractivity contribution is -0.117. The van der Waals surface area contributed by atoms with Gasteiger partial charge in [0, 0.05) is 22.7 Å². The molecule has 1 aromatic heterocycles. The number of ether oxygens (including phenoxy) is 2. The molecule has 0 unspecified atom stereocenters. The highest BCUT2D eigenvalue weighted by molar-refractivity contribution is 7.10. The van der Waals surface area contributed by atoms with Crippen LogP contribution in [0.25, 0.3) is 0 Å². The molecule has 3 heterocycles. The van der Waals surface area contributed by atoms with Crippen molar-refractivity contribution in [1.29, 1.82) is 0 Å². The molecule has 23 heavy (non-hydrogen) atoms. The number of nitrogens with zero attached hydrogens (tertiary/aromatic N) is 1. The van der Waals surface area contributed by atoms with Crippen molar-refractivity contribution in [3.63, 3.8) is 0 Å². The van der Waals surface area contributed by atoms with Crippen LogP contribution < -0.4 is 14.8 Å². The molecular formula is C17H18N2O3S. The van der Waals surface area contributed by atoms with Gasteiger partial charge in [0.1, 0.15) is 0 Å². The number of likely N-dealkylation sites (tertiary alicyclic amines) is 1. The second kappa shape index (κ2) is 6.22. The van der Waals surface area contributed by atoms with Crippen LogP contribution in [0.2, 0.25) is 0 Å². The van der Waals surface area contributed by atoms with Crippen LogP contribution in [0.5, 0.6) is 11.5 Å². The Bertz CT molecular complexity index is 702. The lowest BCUT2D eigenvalue weighted by atomic mass is 10.2. The van der Waals surface area contributed by atoms with E-state index in [0.717, 1.165) is 30.8 Å². The first kappa shape index (κ1) is 14.5. The summed E-state index contributed by atoms with van der Waals surface area (Å²) in [6.07, 6.45) is 2.26. The number of fused-ring (bicyclic) bond motifs is 1. The van der Waals surface area contributed by atoms with E-state index < -0.39 is 0 Å². The Balaban J connectivity index is 1.40. The fourth-order valence-corrected chi connectivity index (χ4v) is 4.07. The molecule has 1 saturated heterocycles. The summed E-state index contributed by atoms with van der Waals surface area (Å²) in [6.45, 7) is 1.62. The van der Waals surface area contributed by atoms with Crippen LogP contribution in [0, 0.1) is 0 Å². The summed E-state index contributed by atoms with van der Waals surface area (Å²) in [4.78, 5) is 16.0. The number of carbonyl (C=O) groups excluding carboxylic acids is 1. The molecule has 1 aromatic carbocycles. The van der Waals surface area contributed by atoms with Crippen LogP contribution in [0.15, 0.2) is 35.7 Å². The maximum absolute atomic E-state index is 12.4. The fraction of sp³-hybridized carbons (Fsp3) is 0.353. The minimum Gasteiger partial charge on any atom is -0.454 e. The Hall–Kier alpha value is -2.05. The molecule has 1 fully saturated rings. The van der Waals surface area contributed by atoms with Crippen LogP contribution in [-0.2, 0) is 4.79 Å². The van der Waals surface area contributed by atoms with Gasteiger partial charge in [-0.25, -0.2) is 0 Å². The van der Waals surface area contributed by atoms with Crippen molar-refractivity contribution in [1.82, 2.24) is 4.90 Å². The highest BCUT2D eigenvalue weighted by Crippen LogP contribution is 2.35. The monoisotopic (exact) mass is 330 g/mol. The van der Waals surface area contributed by atoms with E-state index in [1.165, 1.54) is 4.88 Å². The molecule has 0 saturated carbocycles. The van der Waals surface area contributed by atoms with Crippen molar-refractivity contribution < 1.29 is 14.3 Å². The molecule has 4 rings (SSSR count). The summed E-state index contributed by atoms with van der Waals surface area (Å²) in [5, 5.41) is 5.05. The summed E-state index contributed by atoms with van der Waals surface area (Å²) in [6, 6.07) is 10.1. The van der Waals surface area contributed by atoms with Gasteiger partial charge in [-0.1, -0.05) is 6.07 Å². The Kier molecular flexibility index (Phi) is 3.93. The molecule has 0 bridgehead atoms. The minimum absolute atomic E-state index is 0.00678. The van der Waals surface area contributed by atoms with E-state index in [-0.39, 0.29) is 12.7 Å². The normalized spacial score (nSPS) is 19.9. The zero-order valence-corrected chi connectivity index (χ0v) is 13.5. The van der Waals surface area contributed by atoms with Crippen LogP contribution in [0.1, 0.15) is 23.8 Å². The van der Waals surface area contributed by atoms with Crippen LogP contribution in [0.4, 0.5) is 5.69 Å². The van der Waals surface area contributed by atoms with Gasteiger partial charge in [0.25, 0.3) is 0 Å². The van der Waals surface area contributed by atoms with Gasteiger partial charge < -0.3 is 14.8 Å². The zero-order chi connectivity index (χ0) is 15.6. The molecule has 1 N–H and O–H groups in total. The second-order valence-corrected chi connectivity index (χ2v) is 6.74. The summed E-state index contributed by atoms with van der Waals surface area (Å²) >= 11 is 1.76. The average Bonchev–Trinajstić information content (AvgIpc) is 3.27. The lowest BCUT2D eigenvalue weighted by Gasteiger charge is -2.22. The van der Waals surface area contributed by atoms with Crippen molar-refractivity contribution in [2.24, 2.45) is 0 Å². The fourth-order valence-electron chi connectivity index (χ4n) is 3.18. The van der Waals surface area contributed by atoms with Gasteiger partial charge in [0.05, 0.1) is 6.54 Å². The molecular weight excluding hydrogens is 312 g/mol. The Morgan fingerprint density at radius 3 is 3.09 bits per heavy atom. The summed E-state index contributed by atoms with van der Waals surface area (Å²) < 4.78 is 10.6. The topological polar surface area (TPSA) is 50.8 Å². The van der Waals surface area contributed by atoms with Crippen molar-refractivity contribution >= 4 is 22.9 Å². The number of thiophene rings is 1. The van der Waals surface area contributed by atoms with Gasteiger partial charge in [-0.15, -0.1) is 11.3 Å². The van der Waals surface area contributed by atoms with Gasteiger partial charge in [0.15, 0.2) is 11.5 Å². The van der Waals surface area contributed by atoms with Crippen LogP contribution >= 0.6 is 11.3 Å². The third kappa shape index (κ3) is 3.04. The second-order valence-electron chi connectivity index (χ2n) is 5.76. The Morgan fingerprint density at radius 2 is 2.22 bits per heavy atom. The van der Waals surface area contributed by atoms with E-state index in [1.807, 2.05) is 12.1 Å². The standard InChI is InChI=1S/C17H18N2O3S/c20-17(18-12-5-6-14-15(9-12)22-11-21-14)10-19-7-1-3-13(19)16-4-2-8-23-16/h2,4-6,8-9,13H,1,3,7,10-11H2,(H,18,20)/t13-/m0/s1. The predicted octanol–water partition coefficient (Wildman–Crippen LogP) is 3.25. The van der Waals surface area contributed by atoms with E-state index >= 15 is 0 Å². The van der Waals surface area contributed by atoms with E-state index in [2.05, 4.69) is 27.7 Å². The van der Waals surface area contributed by atoms with E-state index in [0.29, 0.717) is 18.3 Å². The molecule has 2 aliphatic heterocycles. The number of hydrogen-bond acceptors (Lipinski definition) is 5. The number of anilines is 1. The molecule has 120 valence electrons. The molecule has 2 aliphatic rings. The molecule has 6 heteroatoms. The smallest absolute Gasteiger partial charge is 0.238 e. The number of benzene rings is 1. The first-order chi connectivity index (χ1) is 11.3. The SMILES string of the molecule is O=C(CN1CCC[C@H]1c1cccs1)Nc1ccc2c(c1)OCO2. The minimum atomic E-state index is 0.00678. The van der Waals surface area contributed by atoms with Crippen LogP contribution in [0.3, 0.4) is 0 Å². The first-order valence-electron chi connectivity index (χ1n) is 7.76. The number of carbonyl (C=O) groups is 1. The zero-order valence-electron chi connectivity index (χ0n) is 12.7. The van der Waals surface area contributed by atoms with Crippen molar-refractivity contribution in [3.05, 3.63) is 40.6 Å². The molecule has 1 atom stereocenters. The highest BCUT2D eigenvalue weighted by atomic mass is 32.1. The molecule has 0 radical (unpaired) electrons. The molecule has 0 spiro atoms. The van der Waals surface area contributed by atoms with Gasteiger partial charge in [0.2, 0.25) is 12.7 Å². The van der Waals surface area contributed by atoms with Gasteiger partial charge in [-0.05, 0) is 43.0 Å². The third-order valence-electron chi connectivity index (χ3n) is 4.24. The van der Waals surface area contributed by atoms with Crippen molar-refractivity contribution in [2.75, 3.05) is 25.2 Å². The van der Waals surface area contributed by atoms with E-state index in [4.69, 9.17) is 9.47 Å². The maximum Gasteiger partial charge on any atom is 0.238 e. The number of nitrogens with one attached hydrogen (secondary N) is 1. The largest absolute Gasteiger partial charge is 0.454 e.